The molecule has 8 heteroatoms. The van der Waals surface area contributed by atoms with Crippen LogP contribution in [0.15, 0.2) is 59.7 Å². The van der Waals surface area contributed by atoms with Gasteiger partial charge >= 0.3 is 6.03 Å². The average Bonchev–Trinajstić information content (AvgIpc) is 3.22. The molecule has 3 amide bonds. The van der Waals surface area contributed by atoms with Crippen molar-refractivity contribution in [2.75, 3.05) is 26.8 Å². The van der Waals surface area contributed by atoms with Gasteiger partial charge in [0.15, 0.2) is 0 Å². The van der Waals surface area contributed by atoms with Gasteiger partial charge in [0.2, 0.25) is 0 Å². The summed E-state index contributed by atoms with van der Waals surface area (Å²) in [5.41, 5.74) is 1.95. The number of benzene rings is 2. The van der Waals surface area contributed by atoms with E-state index in [0.717, 1.165) is 11.1 Å². The molecule has 1 N–H and O–H groups in total. The highest BCUT2D eigenvalue weighted by Gasteiger charge is 2.34. The average molecular weight is 455 g/mol. The van der Waals surface area contributed by atoms with Crippen LogP contribution in [0.5, 0.6) is 0 Å². The number of carbonyl (C=O) groups excluding carboxylic acids is 2. The molecule has 7 nitrogen and oxygen atoms in total. The number of amides is 3. The fourth-order valence-electron chi connectivity index (χ4n) is 3.58. The molecule has 1 heterocycles. The van der Waals surface area contributed by atoms with Gasteiger partial charge in [-0.05, 0) is 44.0 Å². The van der Waals surface area contributed by atoms with Crippen LogP contribution in [-0.4, -0.2) is 59.9 Å². The number of urea groups is 1. The predicted octanol–water partition coefficient (Wildman–Crippen LogP) is 3.96. The van der Waals surface area contributed by atoms with Gasteiger partial charge in [0.1, 0.15) is 12.4 Å². The molecule has 0 aliphatic carbocycles. The first-order valence-corrected chi connectivity index (χ1v) is 10.9. The number of nitrogens with zero attached hydrogens (tertiary/aromatic N) is 3. The summed E-state index contributed by atoms with van der Waals surface area (Å²) in [6.07, 6.45) is 0.494. The van der Waals surface area contributed by atoms with E-state index in [1.54, 1.807) is 19.2 Å². The standard InChI is InChI=1S/C25H31FN4O3/c1-25(2,3)27-24(32)29(14-15-33-4)17-23(31)30-22(19-8-6-5-7-9-19)16-21(28-30)18-10-12-20(26)13-11-18/h5-13,22H,14-17H2,1-4H3,(H,27,32)/t22-/m0/s1. The molecule has 0 aromatic heterocycles. The fraction of sp³-hybridized carbons (Fsp3) is 0.400. The molecule has 0 saturated carbocycles. The zero-order valence-corrected chi connectivity index (χ0v) is 19.5. The number of ether oxygens (including phenoxy) is 1. The first-order valence-electron chi connectivity index (χ1n) is 10.9. The lowest BCUT2D eigenvalue weighted by molar-refractivity contribution is -0.133. The second-order valence-electron chi connectivity index (χ2n) is 9.02. The van der Waals surface area contributed by atoms with Crippen molar-refractivity contribution in [2.24, 2.45) is 5.10 Å². The van der Waals surface area contributed by atoms with Gasteiger partial charge in [0.25, 0.3) is 5.91 Å². The van der Waals surface area contributed by atoms with Crippen molar-refractivity contribution in [3.8, 4) is 0 Å². The van der Waals surface area contributed by atoms with Crippen LogP contribution in [0.25, 0.3) is 0 Å². The quantitative estimate of drug-likeness (QED) is 0.688. The predicted molar refractivity (Wildman–Crippen MR) is 125 cm³/mol. The number of rotatable bonds is 7. The van der Waals surface area contributed by atoms with Crippen molar-refractivity contribution in [1.82, 2.24) is 15.2 Å². The van der Waals surface area contributed by atoms with Crippen LogP contribution in [0.4, 0.5) is 9.18 Å². The van der Waals surface area contributed by atoms with Crippen LogP contribution in [0.2, 0.25) is 0 Å². The maximum Gasteiger partial charge on any atom is 0.318 e. The van der Waals surface area contributed by atoms with Crippen LogP contribution in [0.1, 0.15) is 44.4 Å². The summed E-state index contributed by atoms with van der Waals surface area (Å²) in [5, 5.41) is 8.94. The number of hydrazone groups is 1. The third-order valence-electron chi connectivity index (χ3n) is 5.19. The topological polar surface area (TPSA) is 74.2 Å². The number of halogens is 1. The molecule has 3 rings (SSSR count). The summed E-state index contributed by atoms with van der Waals surface area (Å²) in [7, 11) is 1.55. The normalized spacial score (nSPS) is 15.8. The molecule has 1 aliphatic rings. The summed E-state index contributed by atoms with van der Waals surface area (Å²) in [6, 6.07) is 15.1. The van der Waals surface area contributed by atoms with E-state index in [1.807, 2.05) is 51.1 Å². The van der Waals surface area contributed by atoms with E-state index in [0.29, 0.717) is 18.7 Å². The first-order chi connectivity index (χ1) is 15.7. The summed E-state index contributed by atoms with van der Waals surface area (Å²) in [5.74, 6) is -0.635. The molecular formula is C25H31FN4O3. The first kappa shape index (κ1) is 24.4. The largest absolute Gasteiger partial charge is 0.383 e. The van der Waals surface area contributed by atoms with Gasteiger partial charge in [-0.15, -0.1) is 0 Å². The minimum atomic E-state index is -0.445. The molecule has 2 aromatic rings. The third kappa shape index (κ3) is 6.61. The maximum absolute atomic E-state index is 13.4. The molecule has 0 spiro atoms. The highest BCUT2D eigenvalue weighted by molar-refractivity contribution is 6.03. The Morgan fingerprint density at radius 2 is 1.82 bits per heavy atom. The Morgan fingerprint density at radius 3 is 2.42 bits per heavy atom. The highest BCUT2D eigenvalue weighted by Crippen LogP contribution is 2.32. The number of hydrogen-bond acceptors (Lipinski definition) is 4. The van der Waals surface area contributed by atoms with Crippen LogP contribution >= 0.6 is 0 Å². The Kier molecular flexibility index (Phi) is 7.81. The highest BCUT2D eigenvalue weighted by atomic mass is 19.1. The van der Waals surface area contributed by atoms with Gasteiger partial charge in [-0.1, -0.05) is 42.5 Å². The number of methoxy groups -OCH3 is 1. The van der Waals surface area contributed by atoms with Gasteiger partial charge < -0.3 is 15.0 Å². The molecule has 176 valence electrons. The molecule has 2 aromatic carbocycles. The van der Waals surface area contributed by atoms with Gasteiger partial charge in [-0.25, -0.2) is 14.2 Å². The van der Waals surface area contributed by atoms with Crippen LogP contribution < -0.4 is 5.32 Å². The molecule has 0 bridgehead atoms. The lowest BCUT2D eigenvalue weighted by Crippen LogP contribution is -2.52. The van der Waals surface area contributed by atoms with Gasteiger partial charge in [0, 0.05) is 25.6 Å². The van der Waals surface area contributed by atoms with Gasteiger partial charge in [-0.2, -0.15) is 5.10 Å². The second kappa shape index (κ2) is 10.6. The number of nitrogens with one attached hydrogen (secondary N) is 1. The van der Waals surface area contributed by atoms with Crippen LogP contribution in [0, 0.1) is 5.82 Å². The molecule has 33 heavy (non-hydrogen) atoms. The molecule has 0 radical (unpaired) electrons. The van der Waals surface area contributed by atoms with Crippen molar-refractivity contribution >= 4 is 17.6 Å². The Balaban J connectivity index is 1.86. The summed E-state index contributed by atoms with van der Waals surface area (Å²) in [4.78, 5) is 27.6. The Bertz CT molecular complexity index is 987. The Hall–Kier alpha value is -3.26. The van der Waals surface area contributed by atoms with Crippen molar-refractivity contribution in [3.05, 3.63) is 71.5 Å². The van der Waals surface area contributed by atoms with Crippen molar-refractivity contribution in [2.45, 2.75) is 38.8 Å². The second-order valence-corrected chi connectivity index (χ2v) is 9.02. The summed E-state index contributed by atoms with van der Waals surface area (Å²) in [6.45, 7) is 6.07. The SMILES string of the molecule is COCCN(CC(=O)N1N=C(c2ccc(F)cc2)C[C@H]1c1ccccc1)C(=O)NC(C)(C)C. The number of hydrogen-bond donors (Lipinski definition) is 1. The maximum atomic E-state index is 13.4. The van der Waals surface area contributed by atoms with E-state index in [1.165, 1.54) is 22.0 Å². The smallest absolute Gasteiger partial charge is 0.318 e. The van der Waals surface area contributed by atoms with E-state index in [2.05, 4.69) is 10.4 Å². The molecule has 1 atom stereocenters. The Morgan fingerprint density at radius 1 is 1.15 bits per heavy atom. The minimum Gasteiger partial charge on any atom is -0.383 e. The van der Waals surface area contributed by atoms with Crippen molar-refractivity contribution in [3.63, 3.8) is 0 Å². The van der Waals surface area contributed by atoms with Crippen molar-refractivity contribution < 1.29 is 18.7 Å². The van der Waals surface area contributed by atoms with Crippen LogP contribution in [0.3, 0.4) is 0 Å². The molecule has 0 unspecified atom stereocenters. The van der Waals surface area contributed by atoms with Crippen LogP contribution in [-0.2, 0) is 9.53 Å². The number of carbonyl (C=O) groups is 2. The monoisotopic (exact) mass is 454 g/mol. The van der Waals surface area contributed by atoms with E-state index in [9.17, 15) is 14.0 Å². The Labute approximate surface area is 194 Å². The molecule has 0 saturated heterocycles. The molecular weight excluding hydrogens is 423 g/mol. The lowest BCUT2D eigenvalue weighted by atomic mass is 9.98. The molecule has 1 aliphatic heterocycles. The molecule has 0 fully saturated rings. The zero-order chi connectivity index (χ0) is 24.0. The van der Waals surface area contributed by atoms with E-state index in [4.69, 9.17) is 4.74 Å². The van der Waals surface area contributed by atoms with E-state index >= 15 is 0 Å². The summed E-state index contributed by atoms with van der Waals surface area (Å²) >= 11 is 0. The third-order valence-corrected chi connectivity index (χ3v) is 5.19. The van der Waals surface area contributed by atoms with Gasteiger partial charge in [-0.3, -0.25) is 4.79 Å². The fourth-order valence-corrected chi connectivity index (χ4v) is 3.58. The lowest BCUT2D eigenvalue weighted by Gasteiger charge is -2.30. The minimum absolute atomic E-state index is 0.144. The van der Waals surface area contributed by atoms with Crippen molar-refractivity contribution in [1.29, 1.82) is 0 Å². The zero-order valence-electron chi connectivity index (χ0n) is 19.5. The summed E-state index contributed by atoms with van der Waals surface area (Å²) < 4.78 is 18.5. The van der Waals surface area contributed by atoms with Gasteiger partial charge in [0.05, 0.1) is 18.4 Å². The van der Waals surface area contributed by atoms with E-state index < -0.39 is 5.54 Å². The van der Waals surface area contributed by atoms with E-state index in [-0.39, 0.29) is 36.9 Å².